The van der Waals surface area contributed by atoms with Crippen LogP contribution in [-0.2, 0) is 0 Å². The summed E-state index contributed by atoms with van der Waals surface area (Å²) in [6.07, 6.45) is 2.71. The fourth-order valence-electron chi connectivity index (χ4n) is 0.906. The molecule has 0 aromatic carbocycles. The van der Waals surface area contributed by atoms with E-state index in [1.165, 1.54) is 12.8 Å². The Morgan fingerprint density at radius 2 is 1.54 bits per heavy atom. The van der Waals surface area contributed by atoms with Crippen molar-refractivity contribution in [3.8, 4) is 0 Å². The molecule has 0 saturated heterocycles. The van der Waals surface area contributed by atoms with E-state index in [9.17, 15) is 0 Å². The van der Waals surface area contributed by atoms with E-state index in [1.807, 2.05) is 0 Å². The Kier molecular flexibility index (Phi) is 17.0. The van der Waals surface area contributed by atoms with Crippen molar-refractivity contribution in [1.29, 1.82) is 0 Å². The molecule has 5 N–H and O–H groups in total. The van der Waals surface area contributed by atoms with Gasteiger partial charge >= 0.3 is 0 Å². The maximum absolute atomic E-state index is 5.17. The SMILES string of the molecule is CCCC(C)C.NCCNCCN. The Morgan fingerprint density at radius 3 is 1.69 bits per heavy atom. The molecular weight excluding hydrogens is 162 g/mol. The van der Waals surface area contributed by atoms with Gasteiger partial charge in [-0.1, -0.05) is 33.6 Å². The first-order valence-corrected chi connectivity index (χ1v) is 5.29. The summed E-state index contributed by atoms with van der Waals surface area (Å²) in [5, 5.41) is 3.03. The maximum Gasteiger partial charge on any atom is 0.00750 e. The molecule has 0 fully saturated rings. The van der Waals surface area contributed by atoms with E-state index in [0.29, 0.717) is 13.1 Å². The van der Waals surface area contributed by atoms with E-state index in [2.05, 4.69) is 26.1 Å². The minimum absolute atomic E-state index is 0.694. The fourth-order valence-corrected chi connectivity index (χ4v) is 0.906. The first-order valence-electron chi connectivity index (χ1n) is 5.29. The van der Waals surface area contributed by atoms with Gasteiger partial charge < -0.3 is 16.8 Å². The van der Waals surface area contributed by atoms with Gasteiger partial charge in [-0.15, -0.1) is 0 Å². The Hall–Kier alpha value is -0.120. The van der Waals surface area contributed by atoms with Gasteiger partial charge in [0.1, 0.15) is 0 Å². The molecule has 0 rings (SSSR count). The van der Waals surface area contributed by atoms with E-state index in [4.69, 9.17) is 11.5 Å². The Labute approximate surface area is 83.3 Å². The number of hydrogen-bond donors (Lipinski definition) is 3. The predicted molar refractivity (Wildman–Crippen MR) is 60.7 cm³/mol. The van der Waals surface area contributed by atoms with Crippen molar-refractivity contribution in [2.45, 2.75) is 33.6 Å². The molecule has 3 nitrogen and oxygen atoms in total. The highest BCUT2D eigenvalue weighted by Crippen LogP contribution is 2.00. The summed E-state index contributed by atoms with van der Waals surface area (Å²) in [5.41, 5.74) is 10.3. The monoisotopic (exact) mass is 189 g/mol. The molecule has 0 unspecified atom stereocenters. The summed E-state index contributed by atoms with van der Waals surface area (Å²) >= 11 is 0. The molecule has 0 atom stereocenters. The highest BCUT2D eigenvalue weighted by Gasteiger charge is 1.85. The van der Waals surface area contributed by atoms with Crippen molar-refractivity contribution in [3.05, 3.63) is 0 Å². The summed E-state index contributed by atoms with van der Waals surface area (Å²) < 4.78 is 0. The normalized spacial score (nSPS) is 9.69. The third kappa shape index (κ3) is 24.5. The second-order valence-electron chi connectivity index (χ2n) is 3.51. The number of rotatable bonds is 6. The second-order valence-corrected chi connectivity index (χ2v) is 3.51. The minimum Gasteiger partial charge on any atom is -0.329 e. The van der Waals surface area contributed by atoms with Crippen LogP contribution in [0.3, 0.4) is 0 Å². The molecule has 0 aliphatic rings. The van der Waals surface area contributed by atoms with Crippen LogP contribution in [0.15, 0.2) is 0 Å². The van der Waals surface area contributed by atoms with Gasteiger partial charge in [-0.05, 0) is 5.92 Å². The average molecular weight is 189 g/mol. The van der Waals surface area contributed by atoms with Gasteiger partial charge in [0.05, 0.1) is 0 Å². The third-order valence-electron chi connectivity index (χ3n) is 1.51. The minimum atomic E-state index is 0.694. The molecular formula is C10H27N3. The maximum atomic E-state index is 5.17. The molecule has 82 valence electrons. The Morgan fingerprint density at radius 1 is 1.08 bits per heavy atom. The van der Waals surface area contributed by atoms with Gasteiger partial charge in [0.15, 0.2) is 0 Å². The molecule has 0 amide bonds. The first-order chi connectivity index (χ1) is 6.18. The highest BCUT2D eigenvalue weighted by atomic mass is 14.9. The molecule has 3 heteroatoms. The zero-order chi connectivity index (χ0) is 10.5. The van der Waals surface area contributed by atoms with Crippen molar-refractivity contribution in [3.63, 3.8) is 0 Å². The van der Waals surface area contributed by atoms with E-state index in [-0.39, 0.29) is 0 Å². The standard InChI is InChI=1S/C6H14.C4H13N3/c1-4-5-6(2)3;5-1-3-7-4-2-6/h6H,4-5H2,1-3H3;7H,1-6H2. The number of hydrogen-bond acceptors (Lipinski definition) is 3. The molecule has 0 spiro atoms. The van der Waals surface area contributed by atoms with Crippen LogP contribution in [0.1, 0.15) is 33.6 Å². The Bertz CT molecular complexity index is 70.6. The molecule has 0 bridgehead atoms. The van der Waals surface area contributed by atoms with Gasteiger partial charge in [0.25, 0.3) is 0 Å². The molecule has 0 aromatic heterocycles. The van der Waals surface area contributed by atoms with Crippen molar-refractivity contribution >= 4 is 0 Å². The lowest BCUT2D eigenvalue weighted by Gasteiger charge is -1.95. The number of nitrogens with two attached hydrogens (primary N) is 2. The van der Waals surface area contributed by atoms with Crippen molar-refractivity contribution in [2.24, 2.45) is 17.4 Å². The molecule has 0 aromatic rings. The lowest BCUT2D eigenvalue weighted by Crippen LogP contribution is -2.27. The highest BCUT2D eigenvalue weighted by molar-refractivity contribution is 4.45. The molecule has 13 heavy (non-hydrogen) atoms. The number of nitrogens with one attached hydrogen (secondary N) is 1. The van der Waals surface area contributed by atoms with Gasteiger partial charge in [-0.25, -0.2) is 0 Å². The van der Waals surface area contributed by atoms with Crippen molar-refractivity contribution < 1.29 is 0 Å². The molecule has 0 saturated carbocycles. The quantitative estimate of drug-likeness (QED) is 0.545. The van der Waals surface area contributed by atoms with Gasteiger partial charge in [0.2, 0.25) is 0 Å². The fraction of sp³-hybridized carbons (Fsp3) is 1.00. The van der Waals surface area contributed by atoms with Gasteiger partial charge in [-0.2, -0.15) is 0 Å². The van der Waals surface area contributed by atoms with Crippen LogP contribution in [0.2, 0.25) is 0 Å². The van der Waals surface area contributed by atoms with Crippen LogP contribution < -0.4 is 16.8 Å². The molecule has 0 heterocycles. The summed E-state index contributed by atoms with van der Waals surface area (Å²) in [6, 6.07) is 0. The van der Waals surface area contributed by atoms with Crippen LogP contribution >= 0.6 is 0 Å². The second kappa shape index (κ2) is 14.4. The molecule has 0 radical (unpaired) electrons. The van der Waals surface area contributed by atoms with E-state index < -0.39 is 0 Å². The largest absolute Gasteiger partial charge is 0.329 e. The van der Waals surface area contributed by atoms with E-state index in [0.717, 1.165) is 19.0 Å². The third-order valence-corrected chi connectivity index (χ3v) is 1.51. The van der Waals surface area contributed by atoms with Crippen LogP contribution in [0.25, 0.3) is 0 Å². The zero-order valence-corrected chi connectivity index (χ0v) is 9.47. The van der Waals surface area contributed by atoms with Crippen molar-refractivity contribution in [2.75, 3.05) is 26.2 Å². The van der Waals surface area contributed by atoms with Crippen LogP contribution in [-0.4, -0.2) is 26.2 Å². The zero-order valence-electron chi connectivity index (χ0n) is 9.47. The molecule has 0 aliphatic carbocycles. The lowest BCUT2D eigenvalue weighted by atomic mass is 10.1. The summed E-state index contributed by atoms with van der Waals surface area (Å²) in [5.74, 6) is 0.898. The summed E-state index contributed by atoms with van der Waals surface area (Å²) in [7, 11) is 0. The smallest absolute Gasteiger partial charge is 0.00750 e. The van der Waals surface area contributed by atoms with Crippen LogP contribution in [0.5, 0.6) is 0 Å². The average Bonchev–Trinajstić information content (AvgIpc) is 2.06. The van der Waals surface area contributed by atoms with Gasteiger partial charge in [-0.3, -0.25) is 0 Å². The molecule has 0 aliphatic heterocycles. The van der Waals surface area contributed by atoms with Crippen LogP contribution in [0.4, 0.5) is 0 Å². The van der Waals surface area contributed by atoms with E-state index in [1.54, 1.807) is 0 Å². The van der Waals surface area contributed by atoms with Gasteiger partial charge in [0, 0.05) is 26.2 Å². The van der Waals surface area contributed by atoms with Crippen molar-refractivity contribution in [1.82, 2.24) is 5.32 Å². The first kappa shape index (κ1) is 15.4. The summed E-state index contributed by atoms with van der Waals surface area (Å²) in [6.45, 7) is 9.86. The Balaban J connectivity index is 0. The summed E-state index contributed by atoms with van der Waals surface area (Å²) in [4.78, 5) is 0. The topological polar surface area (TPSA) is 64.1 Å². The van der Waals surface area contributed by atoms with Crippen LogP contribution in [0, 0.1) is 5.92 Å². The lowest BCUT2D eigenvalue weighted by molar-refractivity contribution is 0.576. The predicted octanol–water partition coefficient (Wildman–Crippen LogP) is 0.936. The van der Waals surface area contributed by atoms with E-state index >= 15 is 0 Å².